The summed E-state index contributed by atoms with van der Waals surface area (Å²) in [5.41, 5.74) is 0.983. The summed E-state index contributed by atoms with van der Waals surface area (Å²) in [6.07, 6.45) is 5.45. The third-order valence-corrected chi connectivity index (χ3v) is 5.18. The number of benzene rings is 1. The normalized spacial score (nSPS) is 16.9. The van der Waals surface area contributed by atoms with E-state index in [0.29, 0.717) is 11.3 Å². The van der Waals surface area contributed by atoms with Crippen molar-refractivity contribution in [2.24, 2.45) is 5.92 Å². The average molecular weight is 295 g/mol. The Bertz CT molecular complexity index is 575. The molecule has 0 aliphatic heterocycles. The highest BCUT2D eigenvalue weighted by atomic mass is 32.2. The smallest absolute Gasteiger partial charge is 0.232 e. The highest BCUT2D eigenvalue weighted by Crippen LogP contribution is 2.25. The minimum atomic E-state index is -3.34. The Balaban J connectivity index is 2.03. The molecule has 1 N–H and O–H groups in total. The van der Waals surface area contributed by atoms with Gasteiger partial charge in [0.1, 0.15) is 0 Å². The molecule has 0 unspecified atom stereocenters. The minimum Gasteiger partial charge on any atom is -0.295 e. The highest BCUT2D eigenvalue weighted by Gasteiger charge is 2.21. The summed E-state index contributed by atoms with van der Waals surface area (Å²) < 4.78 is 26.9. The van der Waals surface area contributed by atoms with Gasteiger partial charge in [0, 0.05) is 11.3 Å². The van der Waals surface area contributed by atoms with E-state index in [2.05, 4.69) is 4.72 Å². The zero-order valence-corrected chi connectivity index (χ0v) is 12.6. The molecule has 0 bridgehead atoms. The van der Waals surface area contributed by atoms with Gasteiger partial charge in [-0.05, 0) is 37.8 Å². The molecular weight excluding hydrogens is 274 g/mol. The number of hydrogen-bond donors (Lipinski definition) is 1. The summed E-state index contributed by atoms with van der Waals surface area (Å²) in [4.78, 5) is 11.3. The summed E-state index contributed by atoms with van der Waals surface area (Å²) in [7, 11) is -3.34. The highest BCUT2D eigenvalue weighted by molar-refractivity contribution is 7.92. The summed E-state index contributed by atoms with van der Waals surface area (Å²) in [6.45, 7) is 1.47. The molecule has 20 heavy (non-hydrogen) atoms. The molecular formula is C15H21NO3S. The van der Waals surface area contributed by atoms with Crippen LogP contribution in [0.15, 0.2) is 24.3 Å². The summed E-state index contributed by atoms with van der Waals surface area (Å²) in [5, 5.41) is 0. The molecule has 1 aromatic carbocycles. The second kappa shape index (κ2) is 6.39. The molecule has 1 saturated carbocycles. The number of Topliss-reactive ketones (excluding diaryl/α,β-unsaturated/α-hetero) is 1. The molecule has 1 aliphatic carbocycles. The van der Waals surface area contributed by atoms with Gasteiger partial charge in [-0.2, -0.15) is 0 Å². The Hall–Kier alpha value is -1.36. The fourth-order valence-corrected chi connectivity index (χ4v) is 4.21. The van der Waals surface area contributed by atoms with Gasteiger partial charge in [-0.25, -0.2) is 8.42 Å². The van der Waals surface area contributed by atoms with Crippen molar-refractivity contribution in [3.05, 3.63) is 29.8 Å². The van der Waals surface area contributed by atoms with Crippen LogP contribution in [0.2, 0.25) is 0 Å². The van der Waals surface area contributed by atoms with Crippen LogP contribution in [0.25, 0.3) is 0 Å². The molecule has 0 heterocycles. The van der Waals surface area contributed by atoms with Crippen LogP contribution in [-0.2, 0) is 10.0 Å². The maximum atomic E-state index is 12.2. The van der Waals surface area contributed by atoms with E-state index in [1.807, 2.05) is 0 Å². The van der Waals surface area contributed by atoms with Crippen LogP contribution in [0, 0.1) is 5.92 Å². The standard InChI is InChI=1S/C15H21NO3S/c1-12(17)14-8-5-9-15(10-14)16-20(18,19)11-13-6-3-2-4-7-13/h5,8-10,13,16H,2-4,6-7,11H2,1H3. The summed E-state index contributed by atoms with van der Waals surface area (Å²) in [5.74, 6) is 0.368. The monoisotopic (exact) mass is 295 g/mol. The Labute approximate surface area is 120 Å². The van der Waals surface area contributed by atoms with Crippen LogP contribution < -0.4 is 4.72 Å². The molecule has 4 nitrogen and oxygen atoms in total. The topological polar surface area (TPSA) is 63.2 Å². The fourth-order valence-electron chi connectivity index (χ4n) is 2.69. The zero-order valence-electron chi connectivity index (χ0n) is 11.8. The SMILES string of the molecule is CC(=O)c1cccc(NS(=O)(=O)CC2CCCCC2)c1. The van der Waals surface area contributed by atoms with Crippen LogP contribution >= 0.6 is 0 Å². The third kappa shape index (κ3) is 4.34. The zero-order chi connectivity index (χ0) is 14.6. The first-order valence-electron chi connectivity index (χ1n) is 7.08. The van der Waals surface area contributed by atoms with E-state index in [9.17, 15) is 13.2 Å². The third-order valence-electron chi connectivity index (χ3n) is 3.72. The molecule has 5 heteroatoms. The van der Waals surface area contributed by atoms with Crippen molar-refractivity contribution in [3.8, 4) is 0 Å². The lowest BCUT2D eigenvalue weighted by Gasteiger charge is -2.21. The molecule has 110 valence electrons. The lowest BCUT2D eigenvalue weighted by atomic mass is 9.91. The molecule has 0 atom stereocenters. The van der Waals surface area contributed by atoms with Crippen molar-refractivity contribution in [1.29, 1.82) is 0 Å². The average Bonchev–Trinajstić information content (AvgIpc) is 2.39. The molecule has 0 saturated heterocycles. The Morgan fingerprint density at radius 3 is 2.60 bits per heavy atom. The molecule has 1 aromatic rings. The Morgan fingerprint density at radius 1 is 1.25 bits per heavy atom. The summed E-state index contributed by atoms with van der Waals surface area (Å²) in [6, 6.07) is 6.63. The Kier molecular flexibility index (Phi) is 4.81. The van der Waals surface area contributed by atoms with Gasteiger partial charge in [0.2, 0.25) is 10.0 Å². The van der Waals surface area contributed by atoms with E-state index in [0.717, 1.165) is 25.7 Å². The maximum Gasteiger partial charge on any atom is 0.232 e. The first kappa shape index (κ1) is 15.0. The molecule has 1 fully saturated rings. The van der Waals surface area contributed by atoms with Gasteiger partial charge in [-0.3, -0.25) is 9.52 Å². The number of carbonyl (C=O) groups is 1. The second-order valence-electron chi connectivity index (χ2n) is 5.52. The van der Waals surface area contributed by atoms with E-state index >= 15 is 0 Å². The van der Waals surface area contributed by atoms with Crippen molar-refractivity contribution in [2.75, 3.05) is 10.5 Å². The van der Waals surface area contributed by atoms with Gasteiger partial charge in [-0.15, -0.1) is 0 Å². The van der Waals surface area contributed by atoms with Crippen LogP contribution in [0.5, 0.6) is 0 Å². The van der Waals surface area contributed by atoms with Gasteiger partial charge >= 0.3 is 0 Å². The number of rotatable bonds is 5. The van der Waals surface area contributed by atoms with Crippen LogP contribution in [0.3, 0.4) is 0 Å². The van der Waals surface area contributed by atoms with Gasteiger partial charge in [0.05, 0.1) is 5.75 Å². The maximum absolute atomic E-state index is 12.2. The van der Waals surface area contributed by atoms with E-state index in [1.165, 1.54) is 13.3 Å². The van der Waals surface area contributed by atoms with Crippen LogP contribution in [-0.4, -0.2) is 20.0 Å². The van der Waals surface area contributed by atoms with Crippen LogP contribution in [0.1, 0.15) is 49.4 Å². The number of nitrogens with one attached hydrogen (secondary N) is 1. The van der Waals surface area contributed by atoms with Crippen molar-refractivity contribution in [2.45, 2.75) is 39.0 Å². The largest absolute Gasteiger partial charge is 0.295 e. The lowest BCUT2D eigenvalue weighted by Crippen LogP contribution is -2.24. The molecule has 2 rings (SSSR count). The lowest BCUT2D eigenvalue weighted by molar-refractivity contribution is 0.101. The molecule has 1 aliphatic rings. The first-order valence-corrected chi connectivity index (χ1v) is 8.73. The number of sulfonamides is 1. The predicted molar refractivity (Wildman–Crippen MR) is 80.4 cm³/mol. The van der Waals surface area contributed by atoms with E-state index < -0.39 is 10.0 Å². The predicted octanol–water partition coefficient (Wildman–Crippen LogP) is 3.21. The number of hydrogen-bond acceptors (Lipinski definition) is 3. The molecule has 0 aromatic heterocycles. The van der Waals surface area contributed by atoms with Crippen molar-refractivity contribution in [3.63, 3.8) is 0 Å². The van der Waals surface area contributed by atoms with Crippen molar-refractivity contribution < 1.29 is 13.2 Å². The van der Waals surface area contributed by atoms with Crippen molar-refractivity contribution >= 4 is 21.5 Å². The van der Waals surface area contributed by atoms with E-state index in [-0.39, 0.29) is 17.5 Å². The Morgan fingerprint density at radius 2 is 1.95 bits per heavy atom. The van der Waals surface area contributed by atoms with Gasteiger partial charge < -0.3 is 0 Å². The summed E-state index contributed by atoms with van der Waals surface area (Å²) >= 11 is 0. The number of carbonyl (C=O) groups excluding carboxylic acids is 1. The number of anilines is 1. The van der Waals surface area contributed by atoms with E-state index in [1.54, 1.807) is 24.3 Å². The molecule has 0 spiro atoms. The first-order chi connectivity index (χ1) is 9.46. The van der Waals surface area contributed by atoms with Gasteiger partial charge in [0.25, 0.3) is 0 Å². The molecule has 0 radical (unpaired) electrons. The minimum absolute atomic E-state index is 0.0710. The fraction of sp³-hybridized carbons (Fsp3) is 0.533. The van der Waals surface area contributed by atoms with Crippen LogP contribution in [0.4, 0.5) is 5.69 Å². The molecule has 0 amide bonds. The number of ketones is 1. The van der Waals surface area contributed by atoms with Gasteiger partial charge in [-0.1, -0.05) is 31.4 Å². The second-order valence-corrected chi connectivity index (χ2v) is 7.29. The van der Waals surface area contributed by atoms with Crippen molar-refractivity contribution in [1.82, 2.24) is 0 Å². The quantitative estimate of drug-likeness (QED) is 0.848. The van der Waals surface area contributed by atoms with E-state index in [4.69, 9.17) is 0 Å². The van der Waals surface area contributed by atoms with Gasteiger partial charge in [0.15, 0.2) is 5.78 Å².